The predicted molar refractivity (Wildman–Crippen MR) is 58.1 cm³/mol. The molecule has 0 aromatic heterocycles. The summed E-state index contributed by atoms with van der Waals surface area (Å²) in [4.78, 5) is 4.39. The molecule has 0 aromatic carbocycles. The van der Waals surface area contributed by atoms with Gasteiger partial charge in [0.15, 0.2) is 0 Å². The molecular formula is C10H19NS. The molecular weight excluding hydrogens is 166 g/mol. The molecule has 1 aliphatic heterocycles. The van der Waals surface area contributed by atoms with E-state index in [2.05, 4.69) is 11.9 Å². The van der Waals surface area contributed by atoms with Crippen molar-refractivity contribution in [3.8, 4) is 0 Å². The van der Waals surface area contributed by atoms with E-state index in [1.54, 1.807) is 0 Å². The summed E-state index contributed by atoms with van der Waals surface area (Å²) in [6, 6.07) is 0.650. The van der Waals surface area contributed by atoms with Crippen molar-refractivity contribution in [2.45, 2.75) is 51.5 Å². The monoisotopic (exact) mass is 185 g/mol. The average Bonchev–Trinajstić information content (AvgIpc) is 2.57. The number of thioether (sulfide) groups is 1. The van der Waals surface area contributed by atoms with Crippen LogP contribution < -0.4 is 0 Å². The Morgan fingerprint density at radius 1 is 1.33 bits per heavy atom. The predicted octanol–water partition coefficient (Wildman–Crippen LogP) is 3.49. The molecule has 0 bridgehead atoms. The first kappa shape index (κ1) is 10.1. The summed E-state index contributed by atoms with van der Waals surface area (Å²) >= 11 is 1.86. The van der Waals surface area contributed by atoms with Gasteiger partial charge in [-0.15, -0.1) is 11.8 Å². The fraction of sp³-hybridized carbons (Fsp3) is 0.900. The third kappa shape index (κ3) is 4.15. The molecule has 2 heteroatoms. The zero-order valence-electron chi connectivity index (χ0n) is 7.96. The molecule has 0 radical (unpaired) electrons. The molecule has 1 heterocycles. The van der Waals surface area contributed by atoms with E-state index in [-0.39, 0.29) is 0 Å². The van der Waals surface area contributed by atoms with Gasteiger partial charge in [0.1, 0.15) is 0 Å². The highest BCUT2D eigenvalue weighted by Gasteiger charge is 2.09. The van der Waals surface area contributed by atoms with Gasteiger partial charge in [-0.1, -0.05) is 39.0 Å². The molecule has 1 unspecified atom stereocenters. The van der Waals surface area contributed by atoms with Gasteiger partial charge in [-0.2, -0.15) is 0 Å². The second-order valence-corrected chi connectivity index (χ2v) is 4.32. The van der Waals surface area contributed by atoms with E-state index in [4.69, 9.17) is 0 Å². The maximum absolute atomic E-state index is 4.39. The minimum absolute atomic E-state index is 0.650. The summed E-state index contributed by atoms with van der Waals surface area (Å²) in [5.41, 5.74) is 2.01. The van der Waals surface area contributed by atoms with Crippen molar-refractivity contribution in [1.29, 1.82) is 0 Å². The van der Waals surface area contributed by atoms with E-state index in [1.807, 2.05) is 17.3 Å². The highest BCUT2D eigenvalue weighted by Crippen LogP contribution is 2.17. The van der Waals surface area contributed by atoms with Crippen molar-refractivity contribution in [2.75, 3.05) is 5.75 Å². The second kappa shape index (κ2) is 6.53. The summed E-state index contributed by atoms with van der Waals surface area (Å²) < 4.78 is 0. The molecule has 1 rings (SSSR count). The van der Waals surface area contributed by atoms with Gasteiger partial charge in [0.25, 0.3) is 0 Å². The molecule has 0 aromatic rings. The normalized spacial score (nSPS) is 21.9. The van der Waals surface area contributed by atoms with Gasteiger partial charge in [0.2, 0.25) is 0 Å². The third-order valence-electron chi connectivity index (χ3n) is 2.28. The van der Waals surface area contributed by atoms with Crippen molar-refractivity contribution in [1.82, 2.24) is 0 Å². The lowest BCUT2D eigenvalue weighted by atomic mass is 10.1. The topological polar surface area (TPSA) is 12.4 Å². The Morgan fingerprint density at radius 3 is 2.83 bits per heavy atom. The lowest BCUT2D eigenvalue weighted by Crippen LogP contribution is -2.02. The maximum Gasteiger partial charge on any atom is 0.0600 e. The van der Waals surface area contributed by atoms with Gasteiger partial charge in [0.05, 0.1) is 11.6 Å². The van der Waals surface area contributed by atoms with Crippen LogP contribution in [-0.4, -0.2) is 17.3 Å². The molecule has 12 heavy (non-hydrogen) atoms. The molecule has 1 nitrogen and oxygen atoms in total. The zero-order chi connectivity index (χ0) is 8.65. The van der Waals surface area contributed by atoms with E-state index < -0.39 is 0 Å². The third-order valence-corrected chi connectivity index (χ3v) is 3.12. The van der Waals surface area contributed by atoms with E-state index in [1.165, 1.54) is 44.3 Å². The van der Waals surface area contributed by atoms with E-state index in [0.717, 1.165) is 0 Å². The lowest BCUT2D eigenvalue weighted by Gasteiger charge is -2.04. The Bertz CT molecular complexity index is 134. The van der Waals surface area contributed by atoms with E-state index in [9.17, 15) is 0 Å². The van der Waals surface area contributed by atoms with Crippen LogP contribution in [0.25, 0.3) is 0 Å². The van der Waals surface area contributed by atoms with Gasteiger partial charge in [0, 0.05) is 5.75 Å². The molecule has 0 fully saturated rings. The number of aliphatic imine (C=N–C) groups is 1. The molecule has 1 atom stereocenters. The van der Waals surface area contributed by atoms with Gasteiger partial charge in [-0.25, -0.2) is 0 Å². The Hall–Kier alpha value is 0.0200. The molecule has 0 spiro atoms. The minimum atomic E-state index is 0.650. The van der Waals surface area contributed by atoms with Gasteiger partial charge >= 0.3 is 0 Å². The Labute approximate surface area is 80.0 Å². The number of rotatable bonds is 6. The van der Waals surface area contributed by atoms with Gasteiger partial charge in [-0.05, 0) is 6.42 Å². The Morgan fingerprint density at radius 2 is 2.17 bits per heavy atom. The van der Waals surface area contributed by atoms with Crippen molar-refractivity contribution < 1.29 is 0 Å². The minimum Gasteiger partial charge on any atom is -0.282 e. The van der Waals surface area contributed by atoms with Crippen LogP contribution in [0.2, 0.25) is 0 Å². The first-order valence-corrected chi connectivity index (χ1v) is 6.11. The molecule has 70 valence electrons. The van der Waals surface area contributed by atoms with E-state index >= 15 is 0 Å². The van der Waals surface area contributed by atoms with Crippen molar-refractivity contribution in [3.05, 3.63) is 0 Å². The average molecular weight is 185 g/mol. The standard InChI is InChI=1S/C10H19NS/c1-2-3-4-5-6-7-10-8-12-9-11-10/h9-10H,2-8H2,1H3. The largest absolute Gasteiger partial charge is 0.282 e. The summed E-state index contributed by atoms with van der Waals surface area (Å²) in [5.74, 6) is 1.23. The van der Waals surface area contributed by atoms with Crippen LogP contribution in [0.4, 0.5) is 0 Å². The fourth-order valence-corrected chi connectivity index (χ4v) is 2.29. The Balaban J connectivity index is 1.85. The summed E-state index contributed by atoms with van der Waals surface area (Å²) in [6.45, 7) is 2.26. The smallest absolute Gasteiger partial charge is 0.0600 e. The van der Waals surface area contributed by atoms with Crippen LogP contribution in [0.1, 0.15) is 45.4 Å². The molecule has 1 aliphatic rings. The molecule has 0 N–H and O–H groups in total. The van der Waals surface area contributed by atoms with Crippen molar-refractivity contribution in [3.63, 3.8) is 0 Å². The fourth-order valence-electron chi connectivity index (χ4n) is 1.47. The summed E-state index contributed by atoms with van der Waals surface area (Å²) in [5, 5.41) is 0. The SMILES string of the molecule is CCCCCCCC1CSC=N1. The van der Waals surface area contributed by atoms with E-state index in [0.29, 0.717) is 6.04 Å². The maximum atomic E-state index is 4.39. The molecule has 0 saturated carbocycles. The van der Waals surface area contributed by atoms with Crippen LogP contribution in [0.15, 0.2) is 4.99 Å². The number of nitrogens with zero attached hydrogens (tertiary/aromatic N) is 1. The highest BCUT2D eigenvalue weighted by atomic mass is 32.2. The number of hydrogen-bond donors (Lipinski definition) is 0. The first-order valence-electron chi connectivity index (χ1n) is 5.06. The second-order valence-electron chi connectivity index (χ2n) is 3.44. The Kier molecular flexibility index (Phi) is 5.50. The number of hydrogen-bond acceptors (Lipinski definition) is 2. The van der Waals surface area contributed by atoms with Crippen LogP contribution in [-0.2, 0) is 0 Å². The number of unbranched alkanes of at least 4 members (excludes halogenated alkanes) is 4. The van der Waals surface area contributed by atoms with Crippen LogP contribution >= 0.6 is 11.8 Å². The van der Waals surface area contributed by atoms with Crippen LogP contribution in [0.5, 0.6) is 0 Å². The zero-order valence-corrected chi connectivity index (χ0v) is 8.78. The van der Waals surface area contributed by atoms with Gasteiger partial charge < -0.3 is 0 Å². The molecule has 0 aliphatic carbocycles. The molecule has 0 amide bonds. The summed E-state index contributed by atoms with van der Waals surface area (Å²) in [6.07, 6.45) is 8.26. The van der Waals surface area contributed by atoms with Crippen LogP contribution in [0, 0.1) is 0 Å². The van der Waals surface area contributed by atoms with Crippen molar-refractivity contribution >= 4 is 17.3 Å². The lowest BCUT2D eigenvalue weighted by molar-refractivity contribution is 0.571. The quantitative estimate of drug-likeness (QED) is 0.577. The van der Waals surface area contributed by atoms with Gasteiger partial charge in [-0.3, -0.25) is 4.99 Å². The summed E-state index contributed by atoms with van der Waals surface area (Å²) in [7, 11) is 0. The van der Waals surface area contributed by atoms with Crippen LogP contribution in [0.3, 0.4) is 0 Å². The molecule has 0 saturated heterocycles. The highest BCUT2D eigenvalue weighted by molar-refractivity contribution is 8.12. The van der Waals surface area contributed by atoms with Crippen molar-refractivity contribution in [2.24, 2.45) is 4.99 Å². The first-order chi connectivity index (χ1) is 5.93.